The molecule has 3 nitrogen and oxygen atoms in total. The number of nitrogens with one attached hydrogen (secondary N) is 1. The summed E-state index contributed by atoms with van der Waals surface area (Å²) in [6.45, 7) is 11.5. The lowest BCUT2D eigenvalue weighted by molar-refractivity contribution is -0.116. The van der Waals surface area contributed by atoms with Crippen molar-refractivity contribution in [3.8, 4) is 5.75 Å². The zero-order valence-electron chi connectivity index (χ0n) is 13.8. The summed E-state index contributed by atoms with van der Waals surface area (Å²) in [5.74, 6) is 1.27. The number of benzene rings is 1. The Morgan fingerprint density at radius 2 is 1.86 bits per heavy atom. The van der Waals surface area contributed by atoms with Gasteiger partial charge < -0.3 is 10.1 Å². The van der Waals surface area contributed by atoms with E-state index in [1.165, 1.54) is 5.56 Å². The molecule has 116 valence electrons. The molecule has 3 heteroatoms. The van der Waals surface area contributed by atoms with E-state index in [1.807, 2.05) is 18.2 Å². The Bertz CT molecular complexity index is 467. The minimum Gasteiger partial charge on any atom is -0.492 e. The van der Waals surface area contributed by atoms with Crippen LogP contribution in [0.15, 0.2) is 36.4 Å². The van der Waals surface area contributed by atoms with Crippen LogP contribution in [0, 0.1) is 5.41 Å². The van der Waals surface area contributed by atoms with Gasteiger partial charge in [0.25, 0.3) is 0 Å². The minimum absolute atomic E-state index is 0.0198. The van der Waals surface area contributed by atoms with Crippen LogP contribution in [0.1, 0.15) is 46.1 Å². The summed E-state index contributed by atoms with van der Waals surface area (Å²) >= 11 is 0. The zero-order valence-corrected chi connectivity index (χ0v) is 13.8. The van der Waals surface area contributed by atoms with Crippen LogP contribution in [0.2, 0.25) is 0 Å². The molecular weight excluding hydrogens is 262 g/mol. The molecule has 1 aromatic rings. The number of hydrogen-bond acceptors (Lipinski definition) is 2. The van der Waals surface area contributed by atoms with E-state index >= 15 is 0 Å². The zero-order chi connectivity index (χ0) is 15.9. The first-order valence-corrected chi connectivity index (χ1v) is 7.48. The van der Waals surface area contributed by atoms with E-state index < -0.39 is 0 Å². The summed E-state index contributed by atoms with van der Waals surface area (Å²) in [6.07, 6.45) is 3.48. The van der Waals surface area contributed by atoms with E-state index in [9.17, 15) is 4.79 Å². The van der Waals surface area contributed by atoms with Gasteiger partial charge in [-0.2, -0.15) is 0 Å². The van der Waals surface area contributed by atoms with Gasteiger partial charge >= 0.3 is 0 Å². The number of carbonyl (C=O) groups excluding carboxylic acids is 1. The predicted molar refractivity (Wildman–Crippen MR) is 87.6 cm³/mol. The fourth-order valence-corrected chi connectivity index (χ4v) is 1.68. The molecule has 21 heavy (non-hydrogen) atoms. The Hall–Kier alpha value is -1.77. The van der Waals surface area contributed by atoms with E-state index in [4.69, 9.17) is 4.74 Å². The largest absolute Gasteiger partial charge is 0.492 e. The molecule has 0 heterocycles. The Labute approximate surface area is 128 Å². The molecule has 0 spiro atoms. The Balaban J connectivity index is 2.28. The van der Waals surface area contributed by atoms with Crippen molar-refractivity contribution < 1.29 is 9.53 Å². The van der Waals surface area contributed by atoms with Crippen LogP contribution in [0.4, 0.5) is 0 Å². The van der Waals surface area contributed by atoms with Crippen LogP contribution < -0.4 is 10.1 Å². The lowest BCUT2D eigenvalue weighted by Crippen LogP contribution is -2.26. The average Bonchev–Trinajstić information content (AvgIpc) is 2.41. The molecule has 1 rings (SSSR count). The Kier molecular flexibility index (Phi) is 6.47. The van der Waals surface area contributed by atoms with Crippen molar-refractivity contribution in [3.63, 3.8) is 0 Å². The standard InChI is InChI=1S/C18H27NO2/c1-14(2)15-6-8-16(9-7-15)21-13-12-19-17(20)10-11-18(3,4)5/h6-11,14H,12-13H2,1-5H3,(H,19,20)/b11-10+. The highest BCUT2D eigenvalue weighted by Crippen LogP contribution is 2.18. The molecule has 0 aliphatic carbocycles. The minimum atomic E-state index is -0.0799. The summed E-state index contributed by atoms with van der Waals surface area (Å²) in [5.41, 5.74) is 1.31. The first-order chi connectivity index (χ1) is 9.78. The lowest BCUT2D eigenvalue weighted by atomic mass is 9.96. The molecule has 0 unspecified atom stereocenters. The molecule has 0 bridgehead atoms. The maximum Gasteiger partial charge on any atom is 0.243 e. The molecule has 0 saturated carbocycles. The summed E-state index contributed by atoms with van der Waals surface area (Å²) < 4.78 is 5.60. The Morgan fingerprint density at radius 3 is 2.38 bits per heavy atom. The van der Waals surface area contributed by atoms with Crippen LogP contribution in [0.5, 0.6) is 5.75 Å². The van der Waals surface area contributed by atoms with Crippen molar-refractivity contribution >= 4 is 5.91 Å². The highest BCUT2D eigenvalue weighted by Gasteiger charge is 2.05. The van der Waals surface area contributed by atoms with Crippen LogP contribution in [-0.2, 0) is 4.79 Å². The van der Waals surface area contributed by atoms with Crippen LogP contribution in [0.25, 0.3) is 0 Å². The van der Waals surface area contributed by atoms with Gasteiger partial charge in [0.15, 0.2) is 0 Å². The first kappa shape index (κ1) is 17.3. The molecule has 0 radical (unpaired) electrons. The second-order valence-electron chi connectivity index (χ2n) is 6.56. The molecule has 0 atom stereocenters. The van der Waals surface area contributed by atoms with Gasteiger partial charge in [-0.1, -0.05) is 52.8 Å². The van der Waals surface area contributed by atoms with Crippen molar-refractivity contribution in [3.05, 3.63) is 42.0 Å². The van der Waals surface area contributed by atoms with Crippen LogP contribution in [-0.4, -0.2) is 19.1 Å². The van der Waals surface area contributed by atoms with E-state index in [-0.39, 0.29) is 11.3 Å². The monoisotopic (exact) mass is 289 g/mol. The first-order valence-electron chi connectivity index (χ1n) is 7.48. The number of amides is 1. The van der Waals surface area contributed by atoms with Gasteiger partial charge in [-0.25, -0.2) is 0 Å². The third-order valence-corrected chi connectivity index (χ3v) is 2.95. The van der Waals surface area contributed by atoms with Gasteiger partial charge in [-0.15, -0.1) is 0 Å². The topological polar surface area (TPSA) is 38.3 Å². The summed E-state index contributed by atoms with van der Waals surface area (Å²) in [4.78, 5) is 11.6. The quantitative estimate of drug-likeness (QED) is 0.637. The summed E-state index contributed by atoms with van der Waals surface area (Å²) in [5, 5.41) is 2.80. The van der Waals surface area contributed by atoms with Gasteiger partial charge in [-0.3, -0.25) is 4.79 Å². The van der Waals surface area contributed by atoms with E-state index in [1.54, 1.807) is 6.08 Å². The maximum absolute atomic E-state index is 11.6. The second-order valence-corrected chi connectivity index (χ2v) is 6.56. The van der Waals surface area contributed by atoms with Gasteiger partial charge in [-0.05, 0) is 35.1 Å². The van der Waals surface area contributed by atoms with Crippen LogP contribution >= 0.6 is 0 Å². The van der Waals surface area contributed by atoms with E-state index in [0.717, 1.165) is 5.75 Å². The van der Waals surface area contributed by atoms with Crippen molar-refractivity contribution in [1.29, 1.82) is 0 Å². The van der Waals surface area contributed by atoms with E-state index in [2.05, 4.69) is 52.1 Å². The van der Waals surface area contributed by atoms with Crippen molar-refractivity contribution in [1.82, 2.24) is 5.32 Å². The molecular formula is C18H27NO2. The highest BCUT2D eigenvalue weighted by molar-refractivity contribution is 5.87. The van der Waals surface area contributed by atoms with Gasteiger partial charge in [0.05, 0.1) is 6.54 Å². The number of carbonyl (C=O) groups is 1. The third kappa shape index (κ3) is 7.54. The number of hydrogen-bond donors (Lipinski definition) is 1. The third-order valence-electron chi connectivity index (χ3n) is 2.95. The highest BCUT2D eigenvalue weighted by atomic mass is 16.5. The molecule has 1 aromatic carbocycles. The maximum atomic E-state index is 11.6. The SMILES string of the molecule is CC(C)c1ccc(OCCNC(=O)/C=C/C(C)(C)C)cc1. The second kappa shape index (κ2) is 7.87. The predicted octanol–water partition coefficient (Wildman–Crippen LogP) is 3.91. The van der Waals surface area contributed by atoms with Gasteiger partial charge in [0, 0.05) is 0 Å². The fraction of sp³-hybridized carbons (Fsp3) is 0.500. The molecule has 0 aromatic heterocycles. The molecule has 0 saturated heterocycles. The molecule has 0 aliphatic heterocycles. The average molecular weight is 289 g/mol. The smallest absolute Gasteiger partial charge is 0.243 e. The Morgan fingerprint density at radius 1 is 1.24 bits per heavy atom. The van der Waals surface area contributed by atoms with Crippen molar-refractivity contribution in [2.24, 2.45) is 5.41 Å². The molecule has 1 amide bonds. The van der Waals surface area contributed by atoms with Crippen LogP contribution in [0.3, 0.4) is 0 Å². The number of allylic oxidation sites excluding steroid dienone is 1. The van der Waals surface area contributed by atoms with E-state index in [0.29, 0.717) is 19.1 Å². The number of ether oxygens (including phenoxy) is 1. The van der Waals surface area contributed by atoms with Gasteiger partial charge in [0.2, 0.25) is 5.91 Å². The molecule has 0 fully saturated rings. The van der Waals surface area contributed by atoms with Gasteiger partial charge in [0.1, 0.15) is 12.4 Å². The summed E-state index contributed by atoms with van der Waals surface area (Å²) in [7, 11) is 0. The van der Waals surface area contributed by atoms with Crippen molar-refractivity contribution in [2.75, 3.05) is 13.2 Å². The molecule has 0 aliphatic rings. The lowest BCUT2D eigenvalue weighted by Gasteiger charge is -2.11. The number of rotatable bonds is 6. The fourth-order valence-electron chi connectivity index (χ4n) is 1.68. The molecule has 1 N–H and O–H groups in total. The summed E-state index contributed by atoms with van der Waals surface area (Å²) in [6, 6.07) is 8.09. The normalized spacial score (nSPS) is 11.9. The van der Waals surface area contributed by atoms with Crippen molar-refractivity contribution in [2.45, 2.75) is 40.5 Å².